The third-order valence-corrected chi connectivity index (χ3v) is 4.83. The minimum Gasteiger partial charge on any atom is -0.342 e. The van der Waals surface area contributed by atoms with Gasteiger partial charge in [0.1, 0.15) is 0 Å². The van der Waals surface area contributed by atoms with E-state index in [0.29, 0.717) is 18.0 Å². The van der Waals surface area contributed by atoms with E-state index < -0.39 is 0 Å². The molecular formula is C15H26N4. The summed E-state index contributed by atoms with van der Waals surface area (Å²) in [7, 11) is 0. The molecule has 3 atom stereocenters. The van der Waals surface area contributed by atoms with Crippen molar-refractivity contribution in [3.05, 3.63) is 11.9 Å². The van der Waals surface area contributed by atoms with Crippen LogP contribution in [-0.4, -0.2) is 28.7 Å². The molecule has 106 valence electrons. The van der Waals surface area contributed by atoms with Crippen molar-refractivity contribution in [3.63, 3.8) is 0 Å². The fourth-order valence-electron chi connectivity index (χ4n) is 3.80. The normalized spacial score (nSPS) is 31.0. The zero-order chi connectivity index (χ0) is 13.6. The Kier molecular flexibility index (Phi) is 3.29. The number of imidazole rings is 1. The number of hydrogen-bond donors (Lipinski definition) is 1. The molecule has 1 aromatic heterocycles. The average Bonchev–Trinajstić information content (AvgIpc) is 2.93. The van der Waals surface area contributed by atoms with Gasteiger partial charge in [0.2, 0.25) is 5.95 Å². The maximum absolute atomic E-state index is 6.31. The third-order valence-electron chi connectivity index (χ3n) is 4.83. The van der Waals surface area contributed by atoms with Crippen molar-refractivity contribution in [1.29, 1.82) is 0 Å². The molecule has 19 heavy (non-hydrogen) atoms. The Bertz CT molecular complexity index is 451. The van der Waals surface area contributed by atoms with E-state index in [9.17, 15) is 0 Å². The molecule has 4 heteroatoms. The van der Waals surface area contributed by atoms with E-state index >= 15 is 0 Å². The van der Waals surface area contributed by atoms with Crippen LogP contribution in [0, 0.1) is 18.8 Å². The number of nitrogens with two attached hydrogens (primary N) is 1. The van der Waals surface area contributed by atoms with Crippen molar-refractivity contribution in [2.75, 3.05) is 18.0 Å². The molecule has 0 spiro atoms. The molecule has 3 rings (SSSR count). The van der Waals surface area contributed by atoms with E-state index in [1.807, 2.05) is 0 Å². The average molecular weight is 262 g/mol. The van der Waals surface area contributed by atoms with E-state index in [2.05, 4.69) is 36.4 Å². The Balaban J connectivity index is 1.84. The first-order valence-electron chi connectivity index (χ1n) is 7.62. The van der Waals surface area contributed by atoms with Gasteiger partial charge in [-0.1, -0.05) is 6.42 Å². The van der Waals surface area contributed by atoms with E-state index in [1.54, 1.807) is 0 Å². The standard InChI is InChI=1S/C15H26N4/c1-10(2)19-7-11(3)17-15(19)18-8-12-5-4-6-14(16)13(12)9-18/h7,10,12-14H,4-6,8-9,16H2,1-3H3. The van der Waals surface area contributed by atoms with Gasteiger partial charge in [-0.2, -0.15) is 0 Å². The zero-order valence-electron chi connectivity index (χ0n) is 12.3. The minimum absolute atomic E-state index is 0.396. The van der Waals surface area contributed by atoms with Crippen LogP contribution in [0.25, 0.3) is 0 Å². The SMILES string of the molecule is Cc1cn(C(C)C)c(N2CC3CCCC(N)C3C2)n1. The predicted octanol–water partition coefficient (Wildman–Crippen LogP) is 2.34. The van der Waals surface area contributed by atoms with Gasteiger partial charge in [-0.15, -0.1) is 0 Å². The number of hydrogen-bond acceptors (Lipinski definition) is 3. The maximum atomic E-state index is 6.31. The van der Waals surface area contributed by atoms with Crippen molar-refractivity contribution >= 4 is 5.95 Å². The summed E-state index contributed by atoms with van der Waals surface area (Å²) in [6, 6.07) is 0.861. The van der Waals surface area contributed by atoms with Crippen LogP contribution in [0.5, 0.6) is 0 Å². The first kappa shape index (κ1) is 13.0. The Morgan fingerprint density at radius 2 is 2.11 bits per heavy atom. The van der Waals surface area contributed by atoms with Crippen molar-refractivity contribution in [2.24, 2.45) is 17.6 Å². The van der Waals surface area contributed by atoms with Gasteiger partial charge in [-0.3, -0.25) is 0 Å². The Hall–Kier alpha value is -1.03. The van der Waals surface area contributed by atoms with Crippen molar-refractivity contribution in [1.82, 2.24) is 9.55 Å². The highest BCUT2D eigenvalue weighted by atomic mass is 15.3. The van der Waals surface area contributed by atoms with Crippen LogP contribution in [0.1, 0.15) is 44.8 Å². The molecule has 1 saturated carbocycles. The van der Waals surface area contributed by atoms with Crippen LogP contribution in [-0.2, 0) is 0 Å². The molecule has 1 aliphatic carbocycles. The lowest BCUT2D eigenvalue weighted by molar-refractivity contribution is 0.260. The maximum Gasteiger partial charge on any atom is 0.205 e. The summed E-state index contributed by atoms with van der Waals surface area (Å²) in [6.07, 6.45) is 6.01. The van der Waals surface area contributed by atoms with E-state index in [0.717, 1.165) is 30.6 Å². The molecule has 0 amide bonds. The van der Waals surface area contributed by atoms with Gasteiger partial charge in [-0.25, -0.2) is 4.98 Å². The summed E-state index contributed by atoms with van der Waals surface area (Å²) >= 11 is 0. The number of nitrogens with zero attached hydrogens (tertiary/aromatic N) is 3. The summed E-state index contributed by atoms with van der Waals surface area (Å²) in [6.45, 7) is 8.76. The summed E-state index contributed by atoms with van der Waals surface area (Å²) in [4.78, 5) is 7.21. The second kappa shape index (κ2) is 4.82. The molecule has 2 fully saturated rings. The van der Waals surface area contributed by atoms with Gasteiger partial charge in [0, 0.05) is 31.4 Å². The van der Waals surface area contributed by atoms with Gasteiger partial charge < -0.3 is 15.2 Å². The van der Waals surface area contributed by atoms with Crippen LogP contribution in [0.4, 0.5) is 5.95 Å². The highest BCUT2D eigenvalue weighted by Crippen LogP contribution is 2.37. The molecule has 0 bridgehead atoms. The fourth-order valence-corrected chi connectivity index (χ4v) is 3.80. The number of aryl methyl sites for hydroxylation is 1. The molecule has 2 aliphatic rings. The topological polar surface area (TPSA) is 47.1 Å². The van der Waals surface area contributed by atoms with Crippen molar-refractivity contribution < 1.29 is 0 Å². The molecule has 1 aromatic rings. The van der Waals surface area contributed by atoms with E-state index in [1.165, 1.54) is 19.3 Å². The summed E-state index contributed by atoms with van der Waals surface area (Å²) in [5.41, 5.74) is 7.42. The molecule has 2 heterocycles. The number of rotatable bonds is 2. The highest BCUT2D eigenvalue weighted by molar-refractivity contribution is 5.36. The molecule has 1 aliphatic heterocycles. The smallest absolute Gasteiger partial charge is 0.205 e. The van der Waals surface area contributed by atoms with Gasteiger partial charge in [0.25, 0.3) is 0 Å². The minimum atomic E-state index is 0.396. The Morgan fingerprint density at radius 1 is 1.32 bits per heavy atom. The predicted molar refractivity (Wildman–Crippen MR) is 78.4 cm³/mol. The molecule has 1 saturated heterocycles. The van der Waals surface area contributed by atoms with Gasteiger partial charge in [0.05, 0.1) is 5.69 Å². The fraction of sp³-hybridized carbons (Fsp3) is 0.800. The Labute approximate surface area is 116 Å². The van der Waals surface area contributed by atoms with Gasteiger partial charge in [-0.05, 0) is 45.4 Å². The van der Waals surface area contributed by atoms with Crippen molar-refractivity contribution in [2.45, 2.75) is 52.1 Å². The number of aromatic nitrogens is 2. The second-order valence-electron chi connectivity index (χ2n) is 6.61. The summed E-state index contributed by atoms with van der Waals surface area (Å²) in [5, 5.41) is 0. The first-order chi connectivity index (χ1) is 9.06. The van der Waals surface area contributed by atoms with Crippen LogP contribution in [0.3, 0.4) is 0 Å². The molecule has 0 radical (unpaired) electrons. The van der Waals surface area contributed by atoms with Crippen molar-refractivity contribution in [3.8, 4) is 0 Å². The monoisotopic (exact) mass is 262 g/mol. The zero-order valence-corrected chi connectivity index (χ0v) is 12.3. The number of anilines is 1. The lowest BCUT2D eigenvalue weighted by atomic mass is 9.78. The molecular weight excluding hydrogens is 236 g/mol. The number of fused-ring (bicyclic) bond motifs is 1. The van der Waals surface area contributed by atoms with Crippen LogP contribution < -0.4 is 10.6 Å². The molecule has 3 unspecified atom stereocenters. The molecule has 0 aromatic carbocycles. The highest BCUT2D eigenvalue weighted by Gasteiger charge is 2.40. The van der Waals surface area contributed by atoms with Gasteiger partial charge in [0.15, 0.2) is 0 Å². The molecule has 2 N–H and O–H groups in total. The quantitative estimate of drug-likeness (QED) is 0.890. The lowest BCUT2D eigenvalue weighted by Gasteiger charge is -2.29. The van der Waals surface area contributed by atoms with Crippen LogP contribution in [0.2, 0.25) is 0 Å². The van der Waals surface area contributed by atoms with Crippen LogP contribution in [0.15, 0.2) is 6.20 Å². The third kappa shape index (κ3) is 2.27. The second-order valence-corrected chi connectivity index (χ2v) is 6.61. The Morgan fingerprint density at radius 3 is 2.79 bits per heavy atom. The van der Waals surface area contributed by atoms with E-state index in [4.69, 9.17) is 10.7 Å². The van der Waals surface area contributed by atoms with Crippen LogP contribution >= 0.6 is 0 Å². The van der Waals surface area contributed by atoms with E-state index in [-0.39, 0.29) is 0 Å². The summed E-state index contributed by atoms with van der Waals surface area (Å²) < 4.78 is 2.30. The first-order valence-corrected chi connectivity index (χ1v) is 7.62. The summed E-state index contributed by atoms with van der Waals surface area (Å²) in [5.74, 6) is 2.60. The largest absolute Gasteiger partial charge is 0.342 e. The lowest BCUT2D eigenvalue weighted by Crippen LogP contribution is -2.38. The van der Waals surface area contributed by atoms with Gasteiger partial charge >= 0.3 is 0 Å². The molecule has 4 nitrogen and oxygen atoms in total.